The number of halogens is 1. The van der Waals surface area contributed by atoms with Crippen LogP contribution in [-0.4, -0.2) is 38.9 Å². The number of esters is 1. The molecular formula is C24H25ClN4O3. The number of pyridine rings is 1. The number of hydrogen-bond donors (Lipinski definition) is 0. The van der Waals surface area contributed by atoms with Crippen molar-refractivity contribution in [2.24, 2.45) is 0 Å². The van der Waals surface area contributed by atoms with Gasteiger partial charge < -0.3 is 9.47 Å². The van der Waals surface area contributed by atoms with Crippen LogP contribution in [0.15, 0.2) is 42.6 Å². The Morgan fingerprint density at radius 1 is 1.12 bits per heavy atom. The molecule has 1 aromatic carbocycles. The Kier molecular flexibility index (Phi) is 5.83. The summed E-state index contributed by atoms with van der Waals surface area (Å²) in [5, 5.41) is 9.84. The SMILES string of the molecule is COC(=O)CC1Cc2cc(Cl)ccc2-n2c(C3CCC(Oc4ccccn4)CC3)nnc21. The van der Waals surface area contributed by atoms with Crippen LogP contribution < -0.4 is 4.74 Å². The van der Waals surface area contributed by atoms with Crippen LogP contribution in [0.25, 0.3) is 5.69 Å². The van der Waals surface area contributed by atoms with Crippen molar-refractivity contribution in [1.82, 2.24) is 19.7 Å². The Hall–Kier alpha value is -2.93. The molecule has 0 saturated heterocycles. The van der Waals surface area contributed by atoms with E-state index in [0.29, 0.717) is 17.3 Å². The smallest absolute Gasteiger partial charge is 0.306 e. The quantitative estimate of drug-likeness (QED) is 0.525. The van der Waals surface area contributed by atoms with Crippen LogP contribution in [0.4, 0.5) is 0 Å². The van der Waals surface area contributed by atoms with E-state index >= 15 is 0 Å². The highest BCUT2D eigenvalue weighted by atomic mass is 35.5. The molecule has 1 fully saturated rings. The predicted molar refractivity (Wildman–Crippen MR) is 119 cm³/mol. The number of ether oxygens (including phenoxy) is 2. The number of methoxy groups -OCH3 is 1. The van der Waals surface area contributed by atoms with Crippen molar-refractivity contribution in [3.8, 4) is 11.6 Å². The average Bonchev–Trinajstić information content (AvgIpc) is 3.26. The molecule has 2 aliphatic rings. The van der Waals surface area contributed by atoms with Crippen molar-refractivity contribution in [3.05, 3.63) is 64.8 Å². The van der Waals surface area contributed by atoms with Crippen LogP contribution in [0.1, 0.15) is 61.2 Å². The molecule has 1 atom stereocenters. The highest BCUT2D eigenvalue weighted by Crippen LogP contribution is 2.40. The van der Waals surface area contributed by atoms with Crippen molar-refractivity contribution >= 4 is 17.6 Å². The zero-order chi connectivity index (χ0) is 22.1. The highest BCUT2D eigenvalue weighted by Gasteiger charge is 2.35. The Balaban J connectivity index is 1.39. The van der Waals surface area contributed by atoms with E-state index in [1.165, 1.54) is 7.11 Å². The molecule has 3 heterocycles. The summed E-state index contributed by atoms with van der Waals surface area (Å²) in [6.45, 7) is 0. The third kappa shape index (κ3) is 4.09. The van der Waals surface area contributed by atoms with Crippen LogP contribution in [0.3, 0.4) is 0 Å². The van der Waals surface area contributed by atoms with Crippen LogP contribution in [-0.2, 0) is 16.0 Å². The lowest BCUT2D eigenvalue weighted by Gasteiger charge is -2.30. The summed E-state index contributed by atoms with van der Waals surface area (Å²) in [5.74, 6) is 2.40. The lowest BCUT2D eigenvalue weighted by molar-refractivity contribution is -0.141. The first kappa shape index (κ1) is 20.9. The van der Waals surface area contributed by atoms with E-state index < -0.39 is 0 Å². The van der Waals surface area contributed by atoms with Gasteiger partial charge in [-0.1, -0.05) is 17.7 Å². The van der Waals surface area contributed by atoms with Crippen molar-refractivity contribution in [1.29, 1.82) is 0 Å². The third-order valence-corrected chi connectivity index (χ3v) is 6.67. The summed E-state index contributed by atoms with van der Waals surface area (Å²) in [6, 6.07) is 11.6. The normalized spacial score (nSPS) is 22.0. The lowest BCUT2D eigenvalue weighted by Crippen LogP contribution is -2.26. The molecule has 0 N–H and O–H groups in total. The second-order valence-electron chi connectivity index (χ2n) is 8.47. The van der Waals surface area contributed by atoms with Gasteiger partial charge in [-0.2, -0.15) is 0 Å². The summed E-state index contributed by atoms with van der Waals surface area (Å²) >= 11 is 6.28. The number of aromatic nitrogens is 4. The minimum Gasteiger partial charge on any atom is -0.474 e. The van der Waals surface area contributed by atoms with E-state index in [1.807, 2.05) is 36.4 Å². The molecular weight excluding hydrogens is 428 g/mol. The molecule has 0 bridgehead atoms. The van der Waals surface area contributed by atoms with Gasteiger partial charge in [0.05, 0.1) is 19.2 Å². The summed E-state index contributed by atoms with van der Waals surface area (Å²) < 4.78 is 13.1. The number of carbonyl (C=O) groups excluding carboxylic acids is 1. The maximum Gasteiger partial charge on any atom is 0.306 e. The van der Waals surface area contributed by atoms with E-state index in [-0.39, 0.29) is 30.3 Å². The Bertz CT molecular complexity index is 1110. The van der Waals surface area contributed by atoms with E-state index in [9.17, 15) is 4.79 Å². The first-order valence-electron chi connectivity index (χ1n) is 11.0. The number of hydrogen-bond acceptors (Lipinski definition) is 6. The van der Waals surface area contributed by atoms with E-state index in [0.717, 1.165) is 48.6 Å². The first-order valence-corrected chi connectivity index (χ1v) is 11.4. The number of rotatable bonds is 5. The molecule has 7 nitrogen and oxygen atoms in total. The zero-order valence-electron chi connectivity index (χ0n) is 17.9. The van der Waals surface area contributed by atoms with Crippen LogP contribution in [0.2, 0.25) is 5.02 Å². The Morgan fingerprint density at radius 3 is 2.69 bits per heavy atom. The van der Waals surface area contributed by atoms with Gasteiger partial charge in [0.1, 0.15) is 17.8 Å². The number of nitrogens with zero attached hydrogens (tertiary/aromatic N) is 4. The Labute approximate surface area is 191 Å². The van der Waals surface area contributed by atoms with Gasteiger partial charge in [0, 0.05) is 29.1 Å². The van der Waals surface area contributed by atoms with Gasteiger partial charge in [0.15, 0.2) is 0 Å². The van der Waals surface area contributed by atoms with Crippen molar-refractivity contribution < 1.29 is 14.3 Å². The van der Waals surface area contributed by atoms with Crippen molar-refractivity contribution in [3.63, 3.8) is 0 Å². The molecule has 3 aromatic rings. The minimum absolute atomic E-state index is 0.0847. The van der Waals surface area contributed by atoms with Gasteiger partial charge >= 0.3 is 5.97 Å². The maximum absolute atomic E-state index is 12.0. The van der Waals surface area contributed by atoms with E-state index in [2.05, 4.69) is 19.7 Å². The van der Waals surface area contributed by atoms with Crippen LogP contribution in [0, 0.1) is 0 Å². The standard InChI is InChI=1S/C24H25ClN4O3/c1-31-22(30)14-17-12-16-13-18(25)7-10-20(16)29-23(27-28-24(17)29)15-5-8-19(9-6-15)32-21-4-2-3-11-26-21/h2-4,7,10-11,13,15,17,19H,5-6,8-9,12,14H2,1H3. The topological polar surface area (TPSA) is 79.1 Å². The van der Waals surface area contributed by atoms with Gasteiger partial charge in [-0.15, -0.1) is 10.2 Å². The molecule has 0 amide bonds. The van der Waals surface area contributed by atoms with Crippen molar-refractivity contribution in [2.75, 3.05) is 7.11 Å². The summed E-state index contributed by atoms with van der Waals surface area (Å²) in [5.41, 5.74) is 2.16. The largest absolute Gasteiger partial charge is 0.474 e. The third-order valence-electron chi connectivity index (χ3n) is 6.43. The van der Waals surface area contributed by atoms with Gasteiger partial charge in [0.25, 0.3) is 0 Å². The zero-order valence-corrected chi connectivity index (χ0v) is 18.7. The fourth-order valence-electron chi connectivity index (χ4n) is 4.85. The number of carbonyl (C=O) groups is 1. The predicted octanol–water partition coefficient (Wildman–Crippen LogP) is 4.62. The molecule has 1 aliphatic heterocycles. The highest BCUT2D eigenvalue weighted by molar-refractivity contribution is 6.30. The second-order valence-corrected chi connectivity index (χ2v) is 8.90. The summed E-state index contributed by atoms with van der Waals surface area (Å²) in [6.07, 6.45) is 6.64. The minimum atomic E-state index is -0.247. The van der Waals surface area contributed by atoms with Crippen molar-refractivity contribution in [2.45, 2.75) is 56.5 Å². The summed E-state index contributed by atoms with van der Waals surface area (Å²) in [4.78, 5) is 16.3. The fourth-order valence-corrected chi connectivity index (χ4v) is 5.05. The first-order chi connectivity index (χ1) is 15.6. The van der Waals surface area contributed by atoms with Crippen LogP contribution >= 0.6 is 11.6 Å². The van der Waals surface area contributed by atoms with E-state index in [4.69, 9.17) is 21.1 Å². The fraction of sp³-hybridized carbons (Fsp3) is 0.417. The second kappa shape index (κ2) is 8.90. The Morgan fingerprint density at radius 2 is 1.94 bits per heavy atom. The molecule has 8 heteroatoms. The molecule has 1 saturated carbocycles. The molecule has 1 aliphatic carbocycles. The molecule has 0 radical (unpaired) electrons. The average molecular weight is 453 g/mol. The lowest BCUT2D eigenvalue weighted by atomic mass is 9.85. The van der Waals surface area contributed by atoms with Gasteiger partial charge in [-0.3, -0.25) is 9.36 Å². The van der Waals surface area contributed by atoms with E-state index in [1.54, 1.807) is 6.20 Å². The molecule has 32 heavy (non-hydrogen) atoms. The number of benzene rings is 1. The van der Waals surface area contributed by atoms with Gasteiger partial charge in [-0.05, 0) is 61.9 Å². The maximum atomic E-state index is 12.0. The van der Waals surface area contributed by atoms with Crippen LogP contribution in [0.5, 0.6) is 5.88 Å². The monoisotopic (exact) mass is 452 g/mol. The molecule has 1 unspecified atom stereocenters. The molecule has 0 spiro atoms. The molecule has 5 rings (SSSR count). The van der Waals surface area contributed by atoms with Gasteiger partial charge in [0.2, 0.25) is 5.88 Å². The molecule has 166 valence electrons. The van der Waals surface area contributed by atoms with Gasteiger partial charge in [-0.25, -0.2) is 4.98 Å². The summed E-state index contributed by atoms with van der Waals surface area (Å²) in [7, 11) is 1.41. The number of fused-ring (bicyclic) bond motifs is 3. The molecule has 2 aromatic heterocycles.